The second kappa shape index (κ2) is 11.5. The molecule has 9 nitrogen and oxygen atoms in total. The largest absolute Gasteiger partial charge is 0.379 e. The van der Waals surface area contributed by atoms with Gasteiger partial charge in [-0.05, 0) is 73.5 Å². The molecule has 198 valence electrons. The van der Waals surface area contributed by atoms with Crippen LogP contribution in [0.3, 0.4) is 0 Å². The Labute approximate surface area is 223 Å². The van der Waals surface area contributed by atoms with E-state index < -0.39 is 6.04 Å². The zero-order valence-electron chi connectivity index (χ0n) is 21.6. The Morgan fingerprint density at radius 1 is 1.11 bits per heavy atom. The third-order valence-electron chi connectivity index (χ3n) is 7.74. The quantitative estimate of drug-likeness (QED) is 0.395. The van der Waals surface area contributed by atoms with Crippen LogP contribution in [-0.4, -0.2) is 71.9 Å². The number of fused-ring (bicyclic) bond motifs is 1. The van der Waals surface area contributed by atoms with Gasteiger partial charge in [-0.3, -0.25) is 9.58 Å². The summed E-state index contributed by atoms with van der Waals surface area (Å²) >= 11 is 0. The SMILES string of the molecule is O=CC1NC=Cc2cc(-c3cnn(CCN4CCOCC4)c3)nc(Nc3ccc(C4CCNCC4)cc3)c21. The van der Waals surface area contributed by atoms with Gasteiger partial charge in [-0.2, -0.15) is 5.10 Å². The van der Waals surface area contributed by atoms with Gasteiger partial charge in [-0.15, -0.1) is 0 Å². The van der Waals surface area contributed by atoms with Crippen LogP contribution in [0.25, 0.3) is 17.3 Å². The number of aromatic nitrogens is 3. The van der Waals surface area contributed by atoms with Crippen LogP contribution in [0.5, 0.6) is 0 Å². The summed E-state index contributed by atoms with van der Waals surface area (Å²) in [5.41, 5.74) is 5.93. The molecule has 9 heteroatoms. The van der Waals surface area contributed by atoms with Gasteiger partial charge in [0.2, 0.25) is 0 Å². The number of piperidine rings is 1. The number of rotatable bonds is 8. The molecule has 0 spiro atoms. The molecule has 0 saturated carbocycles. The number of pyridine rings is 1. The van der Waals surface area contributed by atoms with Crippen LogP contribution in [0.15, 0.2) is 48.9 Å². The Morgan fingerprint density at radius 2 is 1.92 bits per heavy atom. The van der Waals surface area contributed by atoms with Crippen molar-refractivity contribution in [3.63, 3.8) is 0 Å². The van der Waals surface area contributed by atoms with Gasteiger partial charge in [0.1, 0.15) is 18.1 Å². The van der Waals surface area contributed by atoms with Crippen LogP contribution in [0.4, 0.5) is 11.5 Å². The maximum absolute atomic E-state index is 11.9. The van der Waals surface area contributed by atoms with Crippen molar-refractivity contribution in [1.82, 2.24) is 30.3 Å². The Kier molecular flexibility index (Phi) is 7.48. The first-order valence-corrected chi connectivity index (χ1v) is 13.6. The first-order chi connectivity index (χ1) is 18.8. The molecule has 0 aliphatic carbocycles. The molecular weight excluding hydrogens is 478 g/mol. The van der Waals surface area contributed by atoms with E-state index >= 15 is 0 Å². The normalized spacial score (nSPS) is 20.1. The second-order valence-electron chi connectivity index (χ2n) is 10.2. The van der Waals surface area contributed by atoms with E-state index in [2.05, 4.69) is 56.4 Å². The first-order valence-electron chi connectivity index (χ1n) is 13.6. The highest BCUT2D eigenvalue weighted by molar-refractivity contribution is 5.79. The molecule has 6 rings (SSSR count). The molecule has 2 aromatic heterocycles. The van der Waals surface area contributed by atoms with E-state index in [1.54, 1.807) is 0 Å². The highest BCUT2D eigenvalue weighted by Gasteiger charge is 2.23. The summed E-state index contributed by atoms with van der Waals surface area (Å²) in [5, 5.41) is 14.7. The molecule has 3 aliphatic rings. The van der Waals surface area contributed by atoms with Crippen LogP contribution < -0.4 is 16.0 Å². The van der Waals surface area contributed by atoms with Crippen molar-refractivity contribution in [2.24, 2.45) is 0 Å². The van der Waals surface area contributed by atoms with Crippen molar-refractivity contribution in [2.45, 2.75) is 31.3 Å². The number of hydrogen-bond donors (Lipinski definition) is 3. The number of hydrogen-bond acceptors (Lipinski definition) is 8. The lowest BCUT2D eigenvalue weighted by Gasteiger charge is -2.26. The molecular formula is C29H35N7O2. The third-order valence-corrected chi connectivity index (χ3v) is 7.74. The van der Waals surface area contributed by atoms with E-state index in [1.165, 1.54) is 18.4 Å². The minimum atomic E-state index is -0.454. The van der Waals surface area contributed by atoms with Crippen molar-refractivity contribution < 1.29 is 9.53 Å². The molecule has 0 amide bonds. The fraction of sp³-hybridized carbons (Fsp3) is 0.414. The Morgan fingerprint density at radius 3 is 2.71 bits per heavy atom. The smallest absolute Gasteiger partial charge is 0.146 e. The Bertz CT molecular complexity index is 1270. The van der Waals surface area contributed by atoms with Crippen LogP contribution >= 0.6 is 0 Å². The highest BCUT2D eigenvalue weighted by Crippen LogP contribution is 2.34. The van der Waals surface area contributed by atoms with Crippen LogP contribution in [0.1, 0.15) is 41.5 Å². The van der Waals surface area contributed by atoms with Gasteiger partial charge in [0, 0.05) is 42.6 Å². The van der Waals surface area contributed by atoms with Crippen LogP contribution in [-0.2, 0) is 16.1 Å². The number of nitrogens with zero attached hydrogens (tertiary/aromatic N) is 4. The van der Waals surface area contributed by atoms with Gasteiger partial charge in [-0.25, -0.2) is 4.98 Å². The van der Waals surface area contributed by atoms with Crippen molar-refractivity contribution in [3.05, 3.63) is 65.6 Å². The number of carbonyl (C=O) groups is 1. The fourth-order valence-electron chi connectivity index (χ4n) is 5.53. The van der Waals surface area contributed by atoms with Crippen molar-refractivity contribution >= 4 is 23.9 Å². The summed E-state index contributed by atoms with van der Waals surface area (Å²) in [4.78, 5) is 19.3. The van der Waals surface area contributed by atoms with E-state index in [0.29, 0.717) is 11.7 Å². The summed E-state index contributed by atoms with van der Waals surface area (Å²) < 4.78 is 7.43. The second-order valence-corrected chi connectivity index (χ2v) is 10.2. The molecule has 1 atom stereocenters. The fourth-order valence-corrected chi connectivity index (χ4v) is 5.53. The van der Waals surface area contributed by atoms with Crippen molar-refractivity contribution in [3.8, 4) is 11.3 Å². The number of carbonyl (C=O) groups excluding carboxylic acids is 1. The summed E-state index contributed by atoms with van der Waals surface area (Å²) in [6.07, 6.45) is 11.0. The summed E-state index contributed by atoms with van der Waals surface area (Å²) in [6, 6.07) is 10.2. The molecule has 3 N–H and O–H groups in total. The monoisotopic (exact) mass is 513 g/mol. The van der Waals surface area contributed by atoms with Crippen molar-refractivity contribution in [2.75, 3.05) is 51.3 Å². The topological polar surface area (TPSA) is 96.3 Å². The number of morpholine rings is 1. The zero-order chi connectivity index (χ0) is 25.7. The average Bonchev–Trinajstić information content (AvgIpc) is 3.46. The Hall–Kier alpha value is -3.53. The molecule has 3 aromatic rings. The van der Waals surface area contributed by atoms with Crippen LogP contribution in [0, 0.1) is 0 Å². The summed E-state index contributed by atoms with van der Waals surface area (Å²) in [7, 11) is 0. The first kappa shape index (κ1) is 24.8. The number of nitrogens with one attached hydrogen (secondary N) is 3. The lowest BCUT2D eigenvalue weighted by molar-refractivity contribution is -0.109. The molecule has 2 fully saturated rings. The molecule has 1 unspecified atom stereocenters. The maximum atomic E-state index is 11.9. The van der Waals surface area contributed by atoms with Crippen LogP contribution in [0.2, 0.25) is 0 Å². The van der Waals surface area contributed by atoms with E-state index in [9.17, 15) is 4.79 Å². The molecule has 1 aromatic carbocycles. The van der Waals surface area contributed by atoms with E-state index in [1.807, 2.05) is 29.2 Å². The maximum Gasteiger partial charge on any atom is 0.146 e. The predicted molar refractivity (Wildman–Crippen MR) is 148 cm³/mol. The lowest BCUT2D eigenvalue weighted by Crippen LogP contribution is -2.38. The predicted octanol–water partition coefficient (Wildman–Crippen LogP) is 3.30. The molecule has 0 bridgehead atoms. The number of ether oxygens (including phenoxy) is 1. The minimum absolute atomic E-state index is 0.454. The summed E-state index contributed by atoms with van der Waals surface area (Å²) in [5.74, 6) is 1.29. The number of benzene rings is 1. The van der Waals surface area contributed by atoms with Gasteiger partial charge < -0.3 is 25.5 Å². The number of anilines is 2. The van der Waals surface area contributed by atoms with Gasteiger partial charge in [-0.1, -0.05) is 12.1 Å². The van der Waals surface area contributed by atoms with Gasteiger partial charge in [0.15, 0.2) is 0 Å². The van der Waals surface area contributed by atoms with E-state index in [0.717, 1.165) is 86.8 Å². The standard InChI is InChI=1S/C29H35N7O2/c37-20-27-28-23(7-10-31-27)17-26(24-18-32-36(19-24)12-11-35-13-15-38-16-14-35)34-29(28)33-25-3-1-21(2-4-25)22-5-8-30-9-6-22/h1-4,7,10,17-20,22,27,30-31H,5-6,8-9,11-16H2,(H,33,34). The van der Waals surface area contributed by atoms with Gasteiger partial charge in [0.25, 0.3) is 0 Å². The van der Waals surface area contributed by atoms with E-state index in [4.69, 9.17) is 9.72 Å². The Balaban J connectivity index is 1.25. The molecule has 38 heavy (non-hydrogen) atoms. The summed E-state index contributed by atoms with van der Waals surface area (Å²) in [6.45, 7) is 7.43. The lowest BCUT2D eigenvalue weighted by atomic mass is 9.90. The molecule has 0 radical (unpaired) electrons. The zero-order valence-corrected chi connectivity index (χ0v) is 21.6. The van der Waals surface area contributed by atoms with Gasteiger partial charge in [0.05, 0.1) is 31.6 Å². The molecule has 2 saturated heterocycles. The average molecular weight is 514 g/mol. The minimum Gasteiger partial charge on any atom is -0.379 e. The highest BCUT2D eigenvalue weighted by atomic mass is 16.5. The molecule has 5 heterocycles. The molecule has 3 aliphatic heterocycles. The van der Waals surface area contributed by atoms with Crippen molar-refractivity contribution in [1.29, 1.82) is 0 Å². The van der Waals surface area contributed by atoms with E-state index in [-0.39, 0.29) is 0 Å². The number of aldehydes is 1. The van der Waals surface area contributed by atoms with Gasteiger partial charge >= 0.3 is 0 Å². The third kappa shape index (κ3) is 5.50.